The van der Waals surface area contributed by atoms with Gasteiger partial charge in [0.25, 0.3) is 5.91 Å². The van der Waals surface area contributed by atoms with Crippen LogP contribution in [-0.4, -0.2) is 30.8 Å². The minimum absolute atomic E-state index is 0.143. The zero-order chi connectivity index (χ0) is 21.4. The third kappa shape index (κ3) is 3.56. The monoisotopic (exact) mass is 426 g/mol. The number of nitrogens with zero attached hydrogens (tertiary/aromatic N) is 4. The number of benzene rings is 2. The number of anilines is 2. The molecule has 4 aromatic rings. The van der Waals surface area contributed by atoms with Crippen molar-refractivity contribution in [3.05, 3.63) is 70.9 Å². The van der Waals surface area contributed by atoms with Gasteiger partial charge in [-0.3, -0.25) is 4.79 Å². The number of amides is 1. The Morgan fingerprint density at radius 1 is 1.27 bits per heavy atom. The number of aliphatic hydroxyl groups excluding tert-OH is 1. The summed E-state index contributed by atoms with van der Waals surface area (Å²) in [7, 11) is 0. The van der Waals surface area contributed by atoms with Crippen LogP contribution in [0.1, 0.15) is 17.4 Å². The Bertz CT molecular complexity index is 1280. The van der Waals surface area contributed by atoms with E-state index in [1.54, 1.807) is 19.1 Å². The number of carbonyl (C=O) groups excluding carboxylic acids is 1. The number of carbonyl (C=O) groups is 1. The topological polar surface area (TPSA) is 119 Å². The molecule has 1 atom stereocenters. The van der Waals surface area contributed by atoms with E-state index in [9.17, 15) is 14.3 Å². The number of aryl methyl sites for hydroxylation is 1. The number of rotatable bonds is 4. The molecular formula is C20H16ClFN6O2. The van der Waals surface area contributed by atoms with Crippen molar-refractivity contribution in [3.63, 3.8) is 0 Å². The van der Waals surface area contributed by atoms with Crippen LogP contribution in [0.3, 0.4) is 0 Å². The Labute approximate surface area is 175 Å². The number of halogens is 2. The maximum atomic E-state index is 13.3. The Kier molecular flexibility index (Phi) is 5.06. The first kappa shape index (κ1) is 19.7. The smallest absolute Gasteiger partial charge is 0.257 e. The van der Waals surface area contributed by atoms with Crippen molar-refractivity contribution >= 4 is 40.0 Å². The molecule has 1 unspecified atom stereocenters. The number of nitrogens with two attached hydrogens (primary N) is 1. The summed E-state index contributed by atoms with van der Waals surface area (Å²) in [5.41, 5.74) is 8.78. The SMILES string of the molecule is Cc1nn(-c2ccc(NC(=O)C(O)c3cccc(F)c3)cc2Cl)c2c(N)ncnc12. The standard InChI is InChI=1S/C20H16ClFN6O2/c1-10-16-17(19(23)25-9-24-16)28(27-10)15-6-5-13(8-14(15)21)26-20(30)18(29)11-3-2-4-12(22)7-11/h2-9,18,29H,1H3,(H,26,30)(H2,23,24,25). The Morgan fingerprint density at radius 3 is 2.80 bits per heavy atom. The summed E-state index contributed by atoms with van der Waals surface area (Å²) in [6, 6.07) is 9.95. The van der Waals surface area contributed by atoms with Crippen molar-refractivity contribution in [2.45, 2.75) is 13.0 Å². The van der Waals surface area contributed by atoms with Gasteiger partial charge >= 0.3 is 0 Å². The summed E-state index contributed by atoms with van der Waals surface area (Å²) in [6.07, 6.45) is -0.172. The first-order valence-electron chi connectivity index (χ1n) is 8.85. The maximum absolute atomic E-state index is 13.3. The van der Waals surface area contributed by atoms with E-state index in [0.29, 0.717) is 28.1 Å². The van der Waals surface area contributed by atoms with Crippen molar-refractivity contribution < 1.29 is 14.3 Å². The van der Waals surface area contributed by atoms with Gasteiger partial charge in [-0.25, -0.2) is 19.0 Å². The number of nitrogens with one attached hydrogen (secondary N) is 1. The van der Waals surface area contributed by atoms with Gasteiger partial charge < -0.3 is 16.2 Å². The van der Waals surface area contributed by atoms with E-state index in [0.717, 1.165) is 6.07 Å². The van der Waals surface area contributed by atoms with Crippen LogP contribution in [0.2, 0.25) is 5.02 Å². The van der Waals surface area contributed by atoms with Gasteiger partial charge in [-0.2, -0.15) is 5.10 Å². The Morgan fingerprint density at radius 2 is 2.07 bits per heavy atom. The zero-order valence-corrected chi connectivity index (χ0v) is 16.4. The number of fused-ring (bicyclic) bond motifs is 1. The fourth-order valence-corrected chi connectivity index (χ4v) is 3.34. The molecule has 0 radical (unpaired) electrons. The number of nitrogen functional groups attached to an aromatic ring is 1. The van der Waals surface area contributed by atoms with E-state index in [1.165, 1.54) is 35.3 Å². The fourth-order valence-electron chi connectivity index (χ4n) is 3.08. The molecule has 0 bridgehead atoms. The highest BCUT2D eigenvalue weighted by Crippen LogP contribution is 2.30. The molecular weight excluding hydrogens is 411 g/mol. The second-order valence-electron chi connectivity index (χ2n) is 6.57. The van der Waals surface area contributed by atoms with Gasteiger partial charge in [-0.1, -0.05) is 23.7 Å². The van der Waals surface area contributed by atoms with Crippen molar-refractivity contribution in [2.75, 3.05) is 11.1 Å². The second-order valence-corrected chi connectivity index (χ2v) is 6.97. The minimum Gasteiger partial charge on any atom is -0.382 e. The summed E-state index contributed by atoms with van der Waals surface area (Å²) in [5, 5.41) is 17.4. The highest BCUT2D eigenvalue weighted by atomic mass is 35.5. The number of hydrogen-bond donors (Lipinski definition) is 3. The lowest BCUT2D eigenvalue weighted by atomic mass is 10.1. The van der Waals surface area contributed by atoms with Gasteiger partial charge in [-0.15, -0.1) is 0 Å². The second kappa shape index (κ2) is 7.69. The first-order valence-corrected chi connectivity index (χ1v) is 9.23. The van der Waals surface area contributed by atoms with Crippen LogP contribution in [0.25, 0.3) is 16.7 Å². The lowest BCUT2D eigenvalue weighted by Crippen LogP contribution is -2.21. The van der Waals surface area contributed by atoms with E-state index in [1.807, 2.05) is 0 Å². The molecule has 2 aromatic heterocycles. The summed E-state index contributed by atoms with van der Waals surface area (Å²) in [4.78, 5) is 20.5. The van der Waals surface area contributed by atoms with Gasteiger partial charge in [0.05, 0.1) is 16.4 Å². The highest BCUT2D eigenvalue weighted by Gasteiger charge is 2.20. The average Bonchev–Trinajstić information content (AvgIpc) is 3.05. The van der Waals surface area contributed by atoms with Crippen LogP contribution in [0.5, 0.6) is 0 Å². The van der Waals surface area contributed by atoms with E-state index >= 15 is 0 Å². The van der Waals surface area contributed by atoms with Crippen molar-refractivity contribution in [1.29, 1.82) is 0 Å². The first-order chi connectivity index (χ1) is 14.3. The van der Waals surface area contributed by atoms with Gasteiger partial charge in [0.1, 0.15) is 23.2 Å². The van der Waals surface area contributed by atoms with Crippen molar-refractivity contribution in [2.24, 2.45) is 0 Å². The number of hydrogen-bond acceptors (Lipinski definition) is 6. The van der Waals surface area contributed by atoms with E-state index in [-0.39, 0.29) is 16.4 Å². The quantitative estimate of drug-likeness (QED) is 0.461. The number of aliphatic hydroxyl groups is 1. The lowest BCUT2D eigenvalue weighted by molar-refractivity contribution is -0.124. The lowest BCUT2D eigenvalue weighted by Gasteiger charge is -2.13. The van der Waals surface area contributed by atoms with E-state index in [4.69, 9.17) is 17.3 Å². The Balaban J connectivity index is 1.62. The third-order valence-electron chi connectivity index (χ3n) is 4.51. The van der Waals surface area contributed by atoms with Gasteiger partial charge in [0, 0.05) is 5.69 Å². The highest BCUT2D eigenvalue weighted by molar-refractivity contribution is 6.32. The molecule has 0 saturated carbocycles. The summed E-state index contributed by atoms with van der Waals surface area (Å²) >= 11 is 6.42. The van der Waals surface area contributed by atoms with E-state index in [2.05, 4.69) is 20.4 Å². The molecule has 152 valence electrons. The molecule has 2 heterocycles. The number of aromatic nitrogens is 4. The molecule has 10 heteroatoms. The Hall–Kier alpha value is -3.56. The third-order valence-corrected chi connectivity index (χ3v) is 4.81. The summed E-state index contributed by atoms with van der Waals surface area (Å²) < 4.78 is 14.9. The normalized spacial score (nSPS) is 12.1. The molecule has 0 spiro atoms. The molecule has 4 N–H and O–H groups in total. The maximum Gasteiger partial charge on any atom is 0.257 e. The van der Waals surface area contributed by atoms with Crippen LogP contribution in [-0.2, 0) is 4.79 Å². The predicted molar refractivity (Wildman–Crippen MR) is 111 cm³/mol. The van der Waals surface area contributed by atoms with E-state index < -0.39 is 17.8 Å². The molecule has 0 saturated heterocycles. The van der Waals surface area contributed by atoms with Gasteiger partial charge in [0.2, 0.25) is 0 Å². The summed E-state index contributed by atoms with van der Waals surface area (Å²) in [6.45, 7) is 1.79. The summed E-state index contributed by atoms with van der Waals surface area (Å²) in [5.74, 6) is -1.01. The van der Waals surface area contributed by atoms with Crippen LogP contribution in [0.15, 0.2) is 48.8 Å². The molecule has 0 aliphatic rings. The molecule has 30 heavy (non-hydrogen) atoms. The molecule has 0 aliphatic heterocycles. The van der Waals surface area contributed by atoms with Crippen LogP contribution in [0, 0.1) is 12.7 Å². The predicted octanol–water partition coefficient (Wildman–Crippen LogP) is 3.17. The molecule has 4 rings (SSSR count). The molecule has 1 amide bonds. The van der Waals surface area contributed by atoms with Crippen molar-refractivity contribution in [1.82, 2.24) is 19.7 Å². The minimum atomic E-state index is -1.53. The van der Waals surface area contributed by atoms with Crippen LogP contribution in [0.4, 0.5) is 15.9 Å². The van der Waals surface area contributed by atoms with Gasteiger partial charge in [-0.05, 0) is 42.8 Å². The molecule has 8 nitrogen and oxygen atoms in total. The van der Waals surface area contributed by atoms with Crippen LogP contribution < -0.4 is 11.1 Å². The molecule has 0 fully saturated rings. The average molecular weight is 427 g/mol. The fraction of sp³-hybridized carbons (Fsp3) is 0.100. The van der Waals surface area contributed by atoms with Crippen molar-refractivity contribution in [3.8, 4) is 5.69 Å². The molecule has 2 aromatic carbocycles. The zero-order valence-electron chi connectivity index (χ0n) is 15.7. The van der Waals surface area contributed by atoms with Gasteiger partial charge in [0.15, 0.2) is 11.9 Å². The molecule has 0 aliphatic carbocycles. The largest absolute Gasteiger partial charge is 0.382 e. The van der Waals surface area contributed by atoms with Crippen LogP contribution >= 0.6 is 11.6 Å².